The Bertz CT molecular complexity index is 1180. The number of aliphatic hydroxyl groups excluding tert-OH is 1. The number of amides is 1. The van der Waals surface area contributed by atoms with Gasteiger partial charge in [0, 0.05) is 5.56 Å². The predicted octanol–water partition coefficient (Wildman–Crippen LogP) is 4.87. The van der Waals surface area contributed by atoms with E-state index in [2.05, 4.69) is 0 Å². The van der Waals surface area contributed by atoms with Gasteiger partial charge in [-0.3, -0.25) is 9.59 Å². The highest BCUT2D eigenvalue weighted by molar-refractivity contribution is 6.46. The lowest BCUT2D eigenvalue weighted by Gasteiger charge is -2.25. The van der Waals surface area contributed by atoms with Gasteiger partial charge in [-0.2, -0.15) is 0 Å². The summed E-state index contributed by atoms with van der Waals surface area (Å²) in [4.78, 5) is 27.5. The van der Waals surface area contributed by atoms with Crippen LogP contribution in [0.3, 0.4) is 0 Å². The van der Waals surface area contributed by atoms with Gasteiger partial charge < -0.3 is 19.2 Å². The molecule has 1 atom stereocenters. The van der Waals surface area contributed by atoms with Crippen LogP contribution in [0.1, 0.15) is 28.5 Å². The quantitative estimate of drug-likeness (QED) is 0.350. The number of aryl methyl sites for hydroxylation is 1. The first-order valence-electron chi connectivity index (χ1n) is 9.62. The fraction of sp³-hybridized carbons (Fsp3) is 0.167. The minimum absolute atomic E-state index is 0.00947. The maximum Gasteiger partial charge on any atom is 0.296 e. The van der Waals surface area contributed by atoms with Crippen LogP contribution in [-0.4, -0.2) is 28.8 Å². The second-order valence-corrected chi connectivity index (χ2v) is 7.62. The Kier molecular flexibility index (Phi) is 5.57. The molecule has 31 heavy (non-hydrogen) atoms. The van der Waals surface area contributed by atoms with E-state index in [4.69, 9.17) is 20.8 Å². The first-order valence-corrected chi connectivity index (χ1v) is 10.0. The normalized spacial score (nSPS) is 17.9. The molecule has 0 bridgehead atoms. The molecule has 2 heterocycles. The molecule has 1 N–H and O–H groups in total. The summed E-state index contributed by atoms with van der Waals surface area (Å²) in [5.74, 6) is -0.863. The summed E-state index contributed by atoms with van der Waals surface area (Å²) in [5.41, 5.74) is 1.97. The smallest absolute Gasteiger partial charge is 0.296 e. The maximum atomic E-state index is 13.1. The van der Waals surface area contributed by atoms with Gasteiger partial charge in [-0.1, -0.05) is 35.9 Å². The van der Waals surface area contributed by atoms with Crippen LogP contribution >= 0.6 is 11.6 Å². The summed E-state index contributed by atoms with van der Waals surface area (Å²) in [6.07, 6.45) is 1.51. The van der Waals surface area contributed by atoms with Crippen molar-refractivity contribution in [2.75, 3.05) is 7.11 Å². The Labute approximate surface area is 184 Å². The second kappa shape index (κ2) is 8.32. The largest absolute Gasteiger partial charge is 0.507 e. The van der Waals surface area contributed by atoms with Crippen molar-refractivity contribution in [3.05, 3.63) is 93.9 Å². The molecule has 0 aliphatic carbocycles. The monoisotopic (exact) mass is 437 g/mol. The van der Waals surface area contributed by atoms with Crippen molar-refractivity contribution in [3.63, 3.8) is 0 Å². The van der Waals surface area contributed by atoms with Crippen LogP contribution in [0.2, 0.25) is 5.02 Å². The number of nitrogens with zero attached hydrogens (tertiary/aromatic N) is 1. The van der Waals surface area contributed by atoms with Crippen molar-refractivity contribution in [1.82, 2.24) is 4.90 Å². The zero-order valence-corrected chi connectivity index (χ0v) is 17.7. The van der Waals surface area contributed by atoms with Gasteiger partial charge >= 0.3 is 0 Å². The molecule has 1 fully saturated rings. The predicted molar refractivity (Wildman–Crippen MR) is 116 cm³/mol. The number of likely N-dealkylation sites (tertiary alicyclic amines) is 1. The third-order valence-corrected chi connectivity index (χ3v) is 5.67. The van der Waals surface area contributed by atoms with Crippen molar-refractivity contribution < 1.29 is 23.8 Å². The summed E-state index contributed by atoms with van der Waals surface area (Å²) in [5, 5.41) is 11.5. The molecule has 1 unspecified atom stereocenters. The van der Waals surface area contributed by atoms with Crippen LogP contribution in [-0.2, 0) is 16.1 Å². The molecular weight excluding hydrogens is 418 g/mol. The van der Waals surface area contributed by atoms with Crippen LogP contribution in [0.15, 0.2) is 70.9 Å². The van der Waals surface area contributed by atoms with E-state index in [0.717, 1.165) is 11.1 Å². The highest BCUT2D eigenvalue weighted by Gasteiger charge is 2.46. The van der Waals surface area contributed by atoms with Gasteiger partial charge in [0.15, 0.2) is 0 Å². The van der Waals surface area contributed by atoms with Gasteiger partial charge in [-0.05, 0) is 48.4 Å². The van der Waals surface area contributed by atoms with Crippen LogP contribution in [0, 0.1) is 6.92 Å². The van der Waals surface area contributed by atoms with Gasteiger partial charge in [0.2, 0.25) is 0 Å². The SMILES string of the molecule is COc1cc(/C(O)=C2\C(=O)C(=O)N(Cc3ccco3)C2c2ccccc2C)ccc1Cl. The molecule has 0 saturated carbocycles. The molecule has 7 heteroatoms. The Hall–Kier alpha value is -3.51. The molecule has 2 aromatic carbocycles. The van der Waals surface area contributed by atoms with Gasteiger partial charge in [-0.25, -0.2) is 0 Å². The molecule has 1 saturated heterocycles. The third-order valence-electron chi connectivity index (χ3n) is 5.35. The molecule has 0 spiro atoms. The van der Waals surface area contributed by atoms with Crippen LogP contribution in [0.25, 0.3) is 5.76 Å². The lowest BCUT2D eigenvalue weighted by molar-refractivity contribution is -0.140. The summed E-state index contributed by atoms with van der Waals surface area (Å²) in [6, 6.07) is 14.8. The van der Waals surface area contributed by atoms with E-state index in [9.17, 15) is 14.7 Å². The van der Waals surface area contributed by atoms with E-state index in [-0.39, 0.29) is 17.9 Å². The molecule has 0 radical (unpaired) electrons. The maximum absolute atomic E-state index is 13.1. The molecule has 1 aliphatic rings. The molecule has 6 nitrogen and oxygen atoms in total. The van der Waals surface area contributed by atoms with E-state index < -0.39 is 17.7 Å². The minimum Gasteiger partial charge on any atom is -0.507 e. The lowest BCUT2D eigenvalue weighted by atomic mass is 9.92. The number of rotatable bonds is 5. The van der Waals surface area contributed by atoms with E-state index in [1.807, 2.05) is 31.2 Å². The average Bonchev–Trinajstić information content (AvgIpc) is 3.36. The number of Topliss-reactive ketones (excluding diaryl/α,β-unsaturated/α-hetero) is 1. The van der Waals surface area contributed by atoms with Crippen LogP contribution in [0.4, 0.5) is 0 Å². The van der Waals surface area contributed by atoms with Gasteiger partial charge in [0.1, 0.15) is 17.3 Å². The zero-order valence-electron chi connectivity index (χ0n) is 17.0. The van der Waals surface area contributed by atoms with Gasteiger partial charge in [-0.15, -0.1) is 0 Å². The number of ether oxygens (including phenoxy) is 1. The number of ketones is 1. The summed E-state index contributed by atoms with van der Waals surface area (Å²) >= 11 is 6.10. The number of hydrogen-bond donors (Lipinski definition) is 1. The zero-order chi connectivity index (χ0) is 22.1. The number of aliphatic hydroxyl groups is 1. The summed E-state index contributed by atoms with van der Waals surface area (Å²) in [7, 11) is 1.46. The topological polar surface area (TPSA) is 80.0 Å². The fourth-order valence-electron chi connectivity index (χ4n) is 3.79. The fourth-order valence-corrected chi connectivity index (χ4v) is 3.99. The van der Waals surface area contributed by atoms with Crippen molar-refractivity contribution in [2.45, 2.75) is 19.5 Å². The van der Waals surface area contributed by atoms with E-state index in [1.165, 1.54) is 24.3 Å². The number of carbonyl (C=O) groups excluding carboxylic acids is 2. The van der Waals surface area contributed by atoms with E-state index >= 15 is 0 Å². The number of methoxy groups -OCH3 is 1. The molecule has 3 aromatic rings. The Morgan fingerprint density at radius 3 is 2.61 bits per heavy atom. The third kappa shape index (κ3) is 3.70. The Morgan fingerprint density at radius 2 is 1.94 bits per heavy atom. The molecule has 1 aliphatic heterocycles. The Balaban J connectivity index is 1.90. The second-order valence-electron chi connectivity index (χ2n) is 7.21. The van der Waals surface area contributed by atoms with Crippen molar-refractivity contribution in [1.29, 1.82) is 0 Å². The van der Waals surface area contributed by atoms with Crippen molar-refractivity contribution >= 4 is 29.1 Å². The number of halogens is 1. The number of furan rings is 1. The van der Waals surface area contributed by atoms with Gasteiger partial charge in [0.25, 0.3) is 11.7 Å². The van der Waals surface area contributed by atoms with Crippen molar-refractivity contribution in [3.8, 4) is 5.75 Å². The summed E-state index contributed by atoms with van der Waals surface area (Å²) in [6.45, 7) is 1.99. The molecule has 1 amide bonds. The molecule has 1 aromatic heterocycles. The lowest BCUT2D eigenvalue weighted by Crippen LogP contribution is -2.29. The van der Waals surface area contributed by atoms with E-state index in [1.54, 1.807) is 24.3 Å². The molecule has 158 valence electrons. The van der Waals surface area contributed by atoms with Crippen LogP contribution in [0.5, 0.6) is 5.75 Å². The number of hydrogen-bond acceptors (Lipinski definition) is 5. The van der Waals surface area contributed by atoms with Crippen molar-refractivity contribution in [2.24, 2.45) is 0 Å². The minimum atomic E-state index is -0.770. The average molecular weight is 438 g/mol. The summed E-state index contributed by atoms with van der Waals surface area (Å²) < 4.78 is 10.6. The first-order chi connectivity index (χ1) is 14.9. The van der Waals surface area contributed by atoms with Crippen LogP contribution < -0.4 is 4.74 Å². The van der Waals surface area contributed by atoms with Gasteiger partial charge in [0.05, 0.1) is 36.6 Å². The number of carbonyl (C=O) groups is 2. The molecule has 4 rings (SSSR count). The molecular formula is C24H20ClNO5. The van der Waals surface area contributed by atoms with E-state index in [0.29, 0.717) is 22.1 Å². The first kappa shape index (κ1) is 20.8. The highest BCUT2D eigenvalue weighted by Crippen LogP contribution is 2.42. The number of benzene rings is 2. The standard InChI is InChI=1S/C24H20ClNO5/c1-14-6-3-4-8-17(14)21-20(22(27)15-9-10-18(25)19(12-15)30-2)23(28)24(29)26(21)13-16-7-5-11-31-16/h3-12,21,27H,13H2,1-2H3/b22-20+. The Morgan fingerprint density at radius 1 is 1.16 bits per heavy atom. The highest BCUT2D eigenvalue weighted by atomic mass is 35.5.